The van der Waals surface area contributed by atoms with E-state index in [1.165, 1.54) is 43.2 Å². The Hall–Kier alpha value is -1.02. The lowest BCUT2D eigenvalue weighted by Gasteiger charge is -2.24. The standard InChI is InChI=1S/C19H29NO/c1-3-20-18(16-7-4-14(2)12-16)8-5-15-6-9-19-17(13-15)10-11-21-19/h6,9,13-14,16,18,20H,3-5,7-8,10-12H2,1-2H3. The second-order valence-electron chi connectivity index (χ2n) is 6.92. The van der Waals surface area contributed by atoms with E-state index in [2.05, 4.69) is 37.4 Å². The van der Waals surface area contributed by atoms with Gasteiger partial charge in [-0.25, -0.2) is 0 Å². The van der Waals surface area contributed by atoms with Crippen LogP contribution < -0.4 is 10.1 Å². The Labute approximate surface area is 129 Å². The van der Waals surface area contributed by atoms with Gasteiger partial charge < -0.3 is 10.1 Å². The van der Waals surface area contributed by atoms with Crippen LogP contribution in [0.4, 0.5) is 0 Å². The lowest BCUT2D eigenvalue weighted by molar-refractivity contribution is 0.338. The van der Waals surface area contributed by atoms with Crippen LogP contribution in [0.2, 0.25) is 0 Å². The van der Waals surface area contributed by atoms with E-state index in [0.29, 0.717) is 6.04 Å². The second kappa shape index (κ2) is 6.83. The highest BCUT2D eigenvalue weighted by molar-refractivity contribution is 5.39. The van der Waals surface area contributed by atoms with Gasteiger partial charge in [0.15, 0.2) is 0 Å². The first-order valence-corrected chi connectivity index (χ1v) is 8.74. The minimum Gasteiger partial charge on any atom is -0.493 e. The van der Waals surface area contributed by atoms with Crippen molar-refractivity contribution in [2.45, 2.75) is 58.4 Å². The lowest BCUT2D eigenvalue weighted by Crippen LogP contribution is -2.35. The van der Waals surface area contributed by atoms with Gasteiger partial charge in [-0.15, -0.1) is 0 Å². The molecule has 3 atom stereocenters. The fourth-order valence-corrected chi connectivity index (χ4v) is 4.10. The molecule has 1 aromatic rings. The fourth-order valence-electron chi connectivity index (χ4n) is 4.10. The number of rotatable bonds is 6. The molecular weight excluding hydrogens is 258 g/mol. The number of hydrogen-bond acceptors (Lipinski definition) is 2. The highest BCUT2D eigenvalue weighted by atomic mass is 16.5. The van der Waals surface area contributed by atoms with Crippen LogP contribution in [-0.4, -0.2) is 19.2 Å². The molecule has 2 nitrogen and oxygen atoms in total. The summed E-state index contributed by atoms with van der Waals surface area (Å²) in [6.45, 7) is 6.59. The Morgan fingerprint density at radius 2 is 2.24 bits per heavy atom. The molecule has 116 valence electrons. The Morgan fingerprint density at radius 3 is 3.00 bits per heavy atom. The van der Waals surface area contributed by atoms with E-state index in [-0.39, 0.29) is 0 Å². The van der Waals surface area contributed by atoms with Gasteiger partial charge in [-0.05, 0) is 61.3 Å². The predicted octanol–water partition coefficient (Wildman–Crippen LogP) is 3.97. The van der Waals surface area contributed by atoms with Crippen LogP contribution >= 0.6 is 0 Å². The van der Waals surface area contributed by atoms with Gasteiger partial charge in [0.25, 0.3) is 0 Å². The zero-order chi connectivity index (χ0) is 14.7. The molecule has 1 saturated carbocycles. The highest BCUT2D eigenvalue weighted by Crippen LogP contribution is 2.34. The van der Waals surface area contributed by atoms with Crippen LogP contribution in [0.15, 0.2) is 18.2 Å². The van der Waals surface area contributed by atoms with E-state index in [9.17, 15) is 0 Å². The van der Waals surface area contributed by atoms with E-state index in [1.54, 1.807) is 0 Å². The first-order valence-electron chi connectivity index (χ1n) is 8.74. The molecule has 3 rings (SSSR count). The number of hydrogen-bond donors (Lipinski definition) is 1. The number of fused-ring (bicyclic) bond motifs is 1. The third-order valence-corrected chi connectivity index (χ3v) is 5.27. The van der Waals surface area contributed by atoms with Crippen LogP contribution in [0.3, 0.4) is 0 Å². The van der Waals surface area contributed by atoms with Gasteiger partial charge in [-0.2, -0.15) is 0 Å². The Balaban J connectivity index is 1.58. The third kappa shape index (κ3) is 3.60. The maximum absolute atomic E-state index is 5.60. The topological polar surface area (TPSA) is 21.3 Å². The third-order valence-electron chi connectivity index (χ3n) is 5.27. The monoisotopic (exact) mass is 287 g/mol. The van der Waals surface area contributed by atoms with Gasteiger partial charge in [0.2, 0.25) is 0 Å². The van der Waals surface area contributed by atoms with Crippen molar-refractivity contribution < 1.29 is 4.74 Å². The van der Waals surface area contributed by atoms with Crippen LogP contribution in [0, 0.1) is 11.8 Å². The van der Waals surface area contributed by atoms with Crippen molar-refractivity contribution in [3.63, 3.8) is 0 Å². The first-order chi connectivity index (χ1) is 10.3. The zero-order valence-corrected chi connectivity index (χ0v) is 13.5. The van der Waals surface area contributed by atoms with Crippen LogP contribution in [-0.2, 0) is 12.8 Å². The molecule has 1 heterocycles. The fraction of sp³-hybridized carbons (Fsp3) is 0.684. The Bertz CT molecular complexity index is 471. The molecule has 0 radical (unpaired) electrons. The summed E-state index contributed by atoms with van der Waals surface area (Å²) < 4.78 is 5.60. The van der Waals surface area contributed by atoms with Crippen LogP contribution in [0.5, 0.6) is 5.75 Å². The van der Waals surface area contributed by atoms with E-state index < -0.39 is 0 Å². The SMILES string of the molecule is CCNC(CCc1ccc2c(c1)CCO2)C1CCC(C)C1. The highest BCUT2D eigenvalue weighted by Gasteiger charge is 2.28. The molecule has 21 heavy (non-hydrogen) atoms. The lowest BCUT2D eigenvalue weighted by atomic mass is 9.91. The van der Waals surface area contributed by atoms with E-state index in [1.807, 2.05) is 0 Å². The van der Waals surface area contributed by atoms with Crippen molar-refractivity contribution in [1.82, 2.24) is 5.32 Å². The molecule has 0 aromatic heterocycles. The normalized spacial score (nSPS) is 25.6. The molecule has 1 aliphatic carbocycles. The molecule has 0 bridgehead atoms. The molecule has 2 aliphatic rings. The maximum atomic E-state index is 5.60. The van der Waals surface area contributed by atoms with Gasteiger partial charge in [0.1, 0.15) is 5.75 Å². The van der Waals surface area contributed by atoms with E-state index in [0.717, 1.165) is 37.2 Å². The molecule has 1 aliphatic heterocycles. The number of aryl methyl sites for hydroxylation is 1. The number of ether oxygens (including phenoxy) is 1. The number of benzene rings is 1. The van der Waals surface area contributed by atoms with E-state index >= 15 is 0 Å². The molecule has 0 saturated heterocycles. The van der Waals surface area contributed by atoms with Crippen molar-refractivity contribution in [2.24, 2.45) is 11.8 Å². The van der Waals surface area contributed by atoms with E-state index in [4.69, 9.17) is 4.74 Å². The molecule has 0 amide bonds. The van der Waals surface area contributed by atoms with Gasteiger partial charge >= 0.3 is 0 Å². The minimum absolute atomic E-state index is 0.699. The molecule has 3 unspecified atom stereocenters. The molecule has 1 aromatic carbocycles. The van der Waals surface area contributed by atoms with Gasteiger partial charge in [-0.1, -0.05) is 32.4 Å². The first kappa shape index (κ1) is 14.9. The number of nitrogens with one attached hydrogen (secondary N) is 1. The van der Waals surface area contributed by atoms with Gasteiger partial charge in [-0.3, -0.25) is 0 Å². The molecule has 1 N–H and O–H groups in total. The Morgan fingerprint density at radius 1 is 1.33 bits per heavy atom. The molecule has 2 heteroatoms. The Kier molecular flexibility index (Phi) is 4.84. The van der Waals surface area contributed by atoms with Crippen molar-refractivity contribution in [3.05, 3.63) is 29.3 Å². The van der Waals surface area contributed by atoms with Crippen molar-refractivity contribution in [3.8, 4) is 5.75 Å². The predicted molar refractivity (Wildman–Crippen MR) is 87.9 cm³/mol. The average molecular weight is 287 g/mol. The second-order valence-corrected chi connectivity index (χ2v) is 6.92. The maximum Gasteiger partial charge on any atom is 0.122 e. The summed E-state index contributed by atoms with van der Waals surface area (Å²) in [7, 11) is 0. The van der Waals surface area contributed by atoms with Crippen molar-refractivity contribution >= 4 is 0 Å². The zero-order valence-electron chi connectivity index (χ0n) is 13.5. The smallest absolute Gasteiger partial charge is 0.122 e. The van der Waals surface area contributed by atoms with Crippen LogP contribution in [0.25, 0.3) is 0 Å². The van der Waals surface area contributed by atoms with Gasteiger partial charge in [0, 0.05) is 12.5 Å². The quantitative estimate of drug-likeness (QED) is 0.855. The molecular formula is C19H29NO. The van der Waals surface area contributed by atoms with Crippen molar-refractivity contribution in [1.29, 1.82) is 0 Å². The summed E-state index contributed by atoms with van der Waals surface area (Å²) in [4.78, 5) is 0. The summed E-state index contributed by atoms with van der Waals surface area (Å²) in [5.74, 6) is 2.91. The van der Waals surface area contributed by atoms with Crippen molar-refractivity contribution in [2.75, 3.05) is 13.2 Å². The minimum atomic E-state index is 0.699. The summed E-state index contributed by atoms with van der Waals surface area (Å²) in [5, 5.41) is 3.74. The van der Waals surface area contributed by atoms with Crippen LogP contribution in [0.1, 0.15) is 50.7 Å². The molecule has 1 fully saturated rings. The average Bonchev–Trinajstić information content (AvgIpc) is 3.11. The largest absolute Gasteiger partial charge is 0.493 e. The summed E-state index contributed by atoms with van der Waals surface area (Å²) in [6.07, 6.45) is 7.79. The summed E-state index contributed by atoms with van der Waals surface area (Å²) in [6, 6.07) is 7.48. The van der Waals surface area contributed by atoms with Gasteiger partial charge in [0.05, 0.1) is 6.61 Å². The summed E-state index contributed by atoms with van der Waals surface area (Å²) >= 11 is 0. The molecule has 0 spiro atoms. The summed E-state index contributed by atoms with van der Waals surface area (Å²) in [5.41, 5.74) is 2.88.